The van der Waals surface area contributed by atoms with E-state index in [1.807, 2.05) is 0 Å². The van der Waals surface area contributed by atoms with E-state index in [0.717, 1.165) is 0 Å². The molecule has 0 fully saturated rings. The molecule has 6 heteroatoms. The minimum absolute atomic E-state index is 0.184. The predicted molar refractivity (Wildman–Crippen MR) is 88.7 cm³/mol. The van der Waals surface area contributed by atoms with Crippen molar-refractivity contribution in [1.82, 2.24) is 0 Å². The maximum atomic E-state index is 12.1. The molecule has 0 spiro atoms. The van der Waals surface area contributed by atoms with Gasteiger partial charge in [0.1, 0.15) is 11.3 Å². The highest BCUT2D eigenvalue weighted by atomic mass is 35.5. The van der Waals surface area contributed by atoms with E-state index in [0.29, 0.717) is 28.0 Å². The number of ether oxygens (including phenoxy) is 2. The molecule has 0 N–H and O–H groups in total. The van der Waals surface area contributed by atoms with Crippen molar-refractivity contribution < 1.29 is 19.1 Å². The SMILES string of the molecule is CCOc1ccc(Cl)cc1C(=O)OCC(=O)c1ccc(Cl)cc1. The van der Waals surface area contributed by atoms with Crippen LogP contribution in [0.3, 0.4) is 0 Å². The number of carbonyl (C=O) groups excluding carboxylic acids is 2. The molecule has 0 aromatic heterocycles. The second-order valence-corrected chi connectivity index (χ2v) is 5.45. The molecule has 2 rings (SSSR count). The molecule has 23 heavy (non-hydrogen) atoms. The topological polar surface area (TPSA) is 52.6 Å². The van der Waals surface area contributed by atoms with E-state index in [4.69, 9.17) is 32.7 Å². The third kappa shape index (κ3) is 4.71. The molecule has 2 aromatic carbocycles. The van der Waals surface area contributed by atoms with Crippen molar-refractivity contribution in [1.29, 1.82) is 0 Å². The average molecular weight is 353 g/mol. The van der Waals surface area contributed by atoms with Crippen LogP contribution >= 0.6 is 23.2 Å². The maximum absolute atomic E-state index is 12.1. The minimum Gasteiger partial charge on any atom is -0.493 e. The zero-order chi connectivity index (χ0) is 16.8. The summed E-state index contributed by atoms with van der Waals surface area (Å²) in [5.74, 6) is -0.630. The van der Waals surface area contributed by atoms with Crippen LogP contribution in [0.15, 0.2) is 42.5 Å². The van der Waals surface area contributed by atoms with Crippen LogP contribution in [0.5, 0.6) is 5.75 Å². The Kier molecular flexibility index (Phi) is 6.02. The van der Waals surface area contributed by atoms with Crippen LogP contribution in [0, 0.1) is 0 Å². The highest BCUT2D eigenvalue weighted by Crippen LogP contribution is 2.24. The molecule has 0 saturated carbocycles. The molecule has 0 heterocycles. The van der Waals surface area contributed by atoms with Gasteiger partial charge in [-0.05, 0) is 49.4 Å². The molecular weight excluding hydrogens is 339 g/mol. The van der Waals surface area contributed by atoms with Crippen LogP contribution in [-0.2, 0) is 4.74 Å². The molecule has 0 saturated heterocycles. The molecule has 4 nitrogen and oxygen atoms in total. The van der Waals surface area contributed by atoms with Gasteiger partial charge in [-0.2, -0.15) is 0 Å². The fourth-order valence-electron chi connectivity index (χ4n) is 1.87. The Labute approximate surface area is 143 Å². The Morgan fingerprint density at radius 1 is 1.00 bits per heavy atom. The highest BCUT2D eigenvalue weighted by Gasteiger charge is 2.17. The molecule has 0 aliphatic heterocycles. The van der Waals surface area contributed by atoms with Gasteiger partial charge in [-0.15, -0.1) is 0 Å². The van der Waals surface area contributed by atoms with Gasteiger partial charge in [0.25, 0.3) is 0 Å². The standard InChI is InChI=1S/C17H14Cl2O4/c1-2-22-16-8-7-13(19)9-14(16)17(21)23-10-15(20)11-3-5-12(18)6-4-11/h3-9H,2,10H2,1H3. The summed E-state index contributed by atoms with van der Waals surface area (Å²) in [7, 11) is 0. The molecule has 0 atom stereocenters. The number of Topliss-reactive ketones (excluding diaryl/α,β-unsaturated/α-hetero) is 1. The Morgan fingerprint density at radius 3 is 2.30 bits per heavy atom. The number of rotatable bonds is 6. The normalized spacial score (nSPS) is 10.2. The molecule has 0 aliphatic rings. The average Bonchev–Trinajstić information content (AvgIpc) is 2.54. The summed E-state index contributed by atoms with van der Waals surface area (Å²) in [6.07, 6.45) is 0. The first-order valence-electron chi connectivity index (χ1n) is 6.89. The van der Waals surface area contributed by atoms with Crippen LogP contribution in [0.2, 0.25) is 10.0 Å². The van der Waals surface area contributed by atoms with E-state index in [2.05, 4.69) is 0 Å². The van der Waals surface area contributed by atoms with Gasteiger partial charge < -0.3 is 9.47 Å². The summed E-state index contributed by atoms with van der Waals surface area (Å²) in [5, 5.41) is 0.906. The van der Waals surface area contributed by atoms with E-state index in [-0.39, 0.29) is 18.0 Å². The first kappa shape index (κ1) is 17.3. The first-order chi connectivity index (χ1) is 11.0. The largest absolute Gasteiger partial charge is 0.493 e. The van der Waals surface area contributed by atoms with Crippen molar-refractivity contribution >= 4 is 35.0 Å². The number of benzene rings is 2. The first-order valence-corrected chi connectivity index (χ1v) is 7.65. The summed E-state index contributed by atoms with van der Waals surface area (Å²) in [5.41, 5.74) is 0.599. The number of ketones is 1. The number of hydrogen-bond donors (Lipinski definition) is 0. The fourth-order valence-corrected chi connectivity index (χ4v) is 2.17. The van der Waals surface area contributed by atoms with Crippen molar-refractivity contribution in [3.63, 3.8) is 0 Å². The van der Waals surface area contributed by atoms with E-state index < -0.39 is 5.97 Å². The second kappa shape index (κ2) is 7.99. The second-order valence-electron chi connectivity index (χ2n) is 4.58. The Morgan fingerprint density at radius 2 is 1.65 bits per heavy atom. The molecule has 120 valence electrons. The van der Waals surface area contributed by atoms with Gasteiger partial charge in [0.15, 0.2) is 12.4 Å². The van der Waals surface area contributed by atoms with Crippen molar-refractivity contribution in [2.75, 3.05) is 13.2 Å². The quantitative estimate of drug-likeness (QED) is 0.569. The summed E-state index contributed by atoms with van der Waals surface area (Å²) in [6, 6.07) is 11.0. The molecule has 0 bridgehead atoms. The molecule has 0 radical (unpaired) electrons. The van der Waals surface area contributed by atoms with Crippen LogP contribution in [0.1, 0.15) is 27.6 Å². The smallest absolute Gasteiger partial charge is 0.342 e. The molecular formula is C17H14Cl2O4. The Balaban J connectivity index is 2.06. The Hall–Kier alpha value is -2.04. The molecule has 0 unspecified atom stereocenters. The van der Waals surface area contributed by atoms with E-state index in [9.17, 15) is 9.59 Å². The maximum Gasteiger partial charge on any atom is 0.342 e. The van der Waals surface area contributed by atoms with E-state index >= 15 is 0 Å². The number of hydrogen-bond acceptors (Lipinski definition) is 4. The molecule has 2 aromatic rings. The summed E-state index contributed by atoms with van der Waals surface area (Å²) in [4.78, 5) is 24.1. The lowest BCUT2D eigenvalue weighted by Gasteiger charge is -2.10. The van der Waals surface area contributed by atoms with Gasteiger partial charge in [0.2, 0.25) is 0 Å². The minimum atomic E-state index is -0.668. The van der Waals surface area contributed by atoms with Crippen LogP contribution in [0.25, 0.3) is 0 Å². The summed E-state index contributed by atoms with van der Waals surface area (Å²) < 4.78 is 10.4. The predicted octanol–water partition coefficient (Wildman–Crippen LogP) is 4.43. The van der Waals surface area contributed by atoms with Crippen molar-refractivity contribution in [2.24, 2.45) is 0 Å². The van der Waals surface area contributed by atoms with Crippen molar-refractivity contribution in [2.45, 2.75) is 6.92 Å². The molecule has 0 amide bonds. The van der Waals surface area contributed by atoms with Gasteiger partial charge in [-0.3, -0.25) is 4.79 Å². The van der Waals surface area contributed by atoms with Crippen LogP contribution < -0.4 is 4.74 Å². The number of halogens is 2. The lowest BCUT2D eigenvalue weighted by atomic mass is 10.1. The van der Waals surface area contributed by atoms with Gasteiger partial charge in [0, 0.05) is 15.6 Å². The van der Waals surface area contributed by atoms with Crippen LogP contribution in [0.4, 0.5) is 0 Å². The van der Waals surface area contributed by atoms with Gasteiger partial charge in [0.05, 0.1) is 6.61 Å². The third-order valence-electron chi connectivity index (χ3n) is 2.96. The zero-order valence-electron chi connectivity index (χ0n) is 12.3. The van der Waals surface area contributed by atoms with Gasteiger partial charge >= 0.3 is 5.97 Å². The summed E-state index contributed by atoms with van der Waals surface area (Å²) >= 11 is 11.7. The number of carbonyl (C=O) groups is 2. The van der Waals surface area contributed by atoms with Crippen LogP contribution in [-0.4, -0.2) is 25.0 Å². The Bertz CT molecular complexity index is 711. The van der Waals surface area contributed by atoms with E-state index in [1.54, 1.807) is 43.3 Å². The monoisotopic (exact) mass is 352 g/mol. The fraction of sp³-hybridized carbons (Fsp3) is 0.176. The van der Waals surface area contributed by atoms with Crippen molar-refractivity contribution in [3.05, 3.63) is 63.6 Å². The lowest BCUT2D eigenvalue weighted by molar-refractivity contribution is 0.0471. The zero-order valence-corrected chi connectivity index (χ0v) is 13.9. The van der Waals surface area contributed by atoms with E-state index in [1.165, 1.54) is 6.07 Å². The third-order valence-corrected chi connectivity index (χ3v) is 3.45. The highest BCUT2D eigenvalue weighted by molar-refractivity contribution is 6.31. The van der Waals surface area contributed by atoms with Crippen molar-refractivity contribution in [3.8, 4) is 5.75 Å². The number of esters is 1. The molecule has 0 aliphatic carbocycles. The van der Waals surface area contributed by atoms with Gasteiger partial charge in [-0.25, -0.2) is 4.79 Å². The van der Waals surface area contributed by atoms with Gasteiger partial charge in [-0.1, -0.05) is 23.2 Å². The summed E-state index contributed by atoms with van der Waals surface area (Å²) in [6.45, 7) is 1.82. The lowest BCUT2D eigenvalue weighted by Crippen LogP contribution is -2.15.